The van der Waals surface area contributed by atoms with Gasteiger partial charge in [-0.15, -0.1) is 0 Å². The predicted octanol–water partition coefficient (Wildman–Crippen LogP) is -0.703. The Balaban J connectivity index is 3.00. The van der Waals surface area contributed by atoms with Gasteiger partial charge in [-0.3, -0.25) is 4.21 Å². The number of nitrogens with zero attached hydrogens (tertiary/aromatic N) is 2. The number of hydrogen-bond acceptors (Lipinski definition) is 5. The lowest BCUT2D eigenvalue weighted by Crippen LogP contribution is -1.96. The van der Waals surface area contributed by atoms with Crippen LogP contribution in [-0.4, -0.2) is 18.7 Å². The Kier molecular flexibility index (Phi) is 1.93. The summed E-state index contributed by atoms with van der Waals surface area (Å²) in [6.45, 7) is 0. The molecule has 0 fully saturated rings. The summed E-state index contributed by atoms with van der Waals surface area (Å²) in [5.41, 5.74) is 5.10. The Morgan fingerprint density at radius 3 is 2.40 bits per heavy atom. The summed E-state index contributed by atoms with van der Waals surface area (Å²) in [5, 5.41) is 0. The van der Waals surface area contributed by atoms with Crippen LogP contribution in [0.1, 0.15) is 0 Å². The molecule has 54 valence electrons. The van der Waals surface area contributed by atoms with Gasteiger partial charge in [-0.1, -0.05) is 0 Å². The molecular weight excluding hydrogens is 154 g/mol. The molecule has 1 aromatic heterocycles. The number of nitrogen functional groups attached to an aromatic ring is 1. The number of aromatic nitrogens is 2. The van der Waals surface area contributed by atoms with E-state index in [0.29, 0.717) is 0 Å². The molecule has 0 amide bonds. The Morgan fingerprint density at radius 1 is 1.50 bits per heavy atom. The lowest BCUT2D eigenvalue weighted by atomic mass is 10.7. The quantitative estimate of drug-likeness (QED) is 0.545. The molecular formula is C4H4N3O2S-. The first kappa shape index (κ1) is 7.10. The third-order valence-corrected chi connectivity index (χ3v) is 1.44. The molecule has 10 heavy (non-hydrogen) atoms. The molecule has 0 spiro atoms. The van der Waals surface area contributed by atoms with E-state index in [2.05, 4.69) is 9.97 Å². The van der Waals surface area contributed by atoms with Crippen LogP contribution in [-0.2, 0) is 11.1 Å². The molecule has 1 atom stereocenters. The minimum absolute atomic E-state index is 0.0363. The van der Waals surface area contributed by atoms with Gasteiger partial charge in [0, 0.05) is 12.4 Å². The second-order valence-electron chi connectivity index (χ2n) is 1.51. The fraction of sp³-hybridized carbons (Fsp3) is 0. The van der Waals surface area contributed by atoms with Crippen molar-refractivity contribution in [2.75, 3.05) is 5.73 Å². The maximum absolute atomic E-state index is 10.2. The molecule has 0 bridgehead atoms. The van der Waals surface area contributed by atoms with Crippen LogP contribution >= 0.6 is 0 Å². The topological polar surface area (TPSA) is 91.9 Å². The predicted molar refractivity (Wildman–Crippen MR) is 33.6 cm³/mol. The van der Waals surface area contributed by atoms with E-state index in [9.17, 15) is 8.76 Å². The molecule has 1 unspecified atom stereocenters. The van der Waals surface area contributed by atoms with Gasteiger partial charge in [0.05, 0.1) is 4.90 Å². The van der Waals surface area contributed by atoms with Crippen molar-refractivity contribution in [1.82, 2.24) is 9.97 Å². The molecule has 1 heterocycles. The summed E-state index contributed by atoms with van der Waals surface area (Å²) in [4.78, 5) is 6.98. The fourth-order valence-electron chi connectivity index (χ4n) is 0.412. The van der Waals surface area contributed by atoms with E-state index < -0.39 is 11.1 Å². The molecule has 1 aromatic rings. The van der Waals surface area contributed by atoms with Crippen LogP contribution in [0.2, 0.25) is 0 Å². The van der Waals surface area contributed by atoms with Crippen molar-refractivity contribution in [2.45, 2.75) is 4.90 Å². The highest BCUT2D eigenvalue weighted by molar-refractivity contribution is 7.79. The van der Waals surface area contributed by atoms with Crippen LogP contribution in [0, 0.1) is 0 Å². The van der Waals surface area contributed by atoms with E-state index in [4.69, 9.17) is 5.73 Å². The van der Waals surface area contributed by atoms with Crippen LogP contribution in [0.25, 0.3) is 0 Å². The zero-order valence-corrected chi connectivity index (χ0v) is 5.67. The minimum Gasteiger partial charge on any atom is -0.768 e. The summed E-state index contributed by atoms with van der Waals surface area (Å²) >= 11 is -2.27. The van der Waals surface area contributed by atoms with E-state index in [1.165, 1.54) is 0 Å². The van der Waals surface area contributed by atoms with Crippen LogP contribution in [0.3, 0.4) is 0 Å². The van der Waals surface area contributed by atoms with Gasteiger partial charge >= 0.3 is 0 Å². The highest BCUT2D eigenvalue weighted by Crippen LogP contribution is 1.99. The summed E-state index contributed by atoms with van der Waals surface area (Å²) in [5.74, 6) is 0.0641. The highest BCUT2D eigenvalue weighted by Gasteiger charge is 1.91. The van der Waals surface area contributed by atoms with Gasteiger partial charge in [-0.2, -0.15) is 0 Å². The van der Waals surface area contributed by atoms with Crippen LogP contribution in [0.5, 0.6) is 0 Å². The summed E-state index contributed by atoms with van der Waals surface area (Å²) < 4.78 is 20.4. The average molecular weight is 158 g/mol. The highest BCUT2D eigenvalue weighted by atomic mass is 32.2. The minimum atomic E-state index is -2.27. The third kappa shape index (κ3) is 1.49. The Morgan fingerprint density at radius 2 is 2.00 bits per heavy atom. The second kappa shape index (κ2) is 2.72. The first-order valence-corrected chi connectivity index (χ1v) is 3.44. The molecule has 0 aliphatic rings. The van der Waals surface area contributed by atoms with Gasteiger partial charge in [0.2, 0.25) is 5.95 Å². The number of nitrogens with two attached hydrogens (primary N) is 1. The Bertz CT molecular complexity index is 247. The van der Waals surface area contributed by atoms with Crippen LogP contribution in [0.15, 0.2) is 17.3 Å². The smallest absolute Gasteiger partial charge is 0.219 e. The van der Waals surface area contributed by atoms with Crippen molar-refractivity contribution in [3.05, 3.63) is 12.4 Å². The van der Waals surface area contributed by atoms with E-state index >= 15 is 0 Å². The zero-order chi connectivity index (χ0) is 7.56. The summed E-state index contributed by atoms with van der Waals surface area (Å²) in [7, 11) is 0. The maximum Gasteiger partial charge on any atom is 0.219 e. The first-order chi connectivity index (χ1) is 4.70. The number of anilines is 1. The first-order valence-electron chi connectivity index (χ1n) is 2.37. The van der Waals surface area contributed by atoms with Crippen LogP contribution in [0.4, 0.5) is 5.95 Å². The molecule has 2 N–H and O–H groups in total. The average Bonchev–Trinajstić information content (AvgIpc) is 1.88. The molecule has 0 saturated heterocycles. The van der Waals surface area contributed by atoms with Crippen molar-refractivity contribution in [3.8, 4) is 0 Å². The zero-order valence-electron chi connectivity index (χ0n) is 4.85. The lowest BCUT2D eigenvalue weighted by molar-refractivity contribution is 0.536. The number of rotatable bonds is 1. The van der Waals surface area contributed by atoms with Crippen molar-refractivity contribution < 1.29 is 8.76 Å². The normalized spacial score (nSPS) is 12.9. The molecule has 1 rings (SSSR count). The molecule has 6 heteroatoms. The summed E-state index contributed by atoms with van der Waals surface area (Å²) in [6.07, 6.45) is 2.29. The second-order valence-corrected chi connectivity index (χ2v) is 2.45. The lowest BCUT2D eigenvalue weighted by Gasteiger charge is -2.01. The summed E-state index contributed by atoms with van der Waals surface area (Å²) in [6, 6.07) is 0. The van der Waals surface area contributed by atoms with Gasteiger partial charge in [0.25, 0.3) is 0 Å². The van der Waals surface area contributed by atoms with Crippen molar-refractivity contribution >= 4 is 17.0 Å². The molecule has 0 aromatic carbocycles. The van der Waals surface area contributed by atoms with Gasteiger partial charge in [0.15, 0.2) is 0 Å². The van der Waals surface area contributed by atoms with Gasteiger partial charge < -0.3 is 10.3 Å². The molecule has 0 aliphatic carbocycles. The maximum atomic E-state index is 10.2. The van der Waals surface area contributed by atoms with Gasteiger partial charge in [-0.05, 0) is 11.1 Å². The monoisotopic (exact) mass is 158 g/mol. The van der Waals surface area contributed by atoms with E-state index in [-0.39, 0.29) is 10.8 Å². The number of hydrogen-bond donors (Lipinski definition) is 1. The van der Waals surface area contributed by atoms with E-state index in [1.807, 2.05) is 0 Å². The van der Waals surface area contributed by atoms with Crippen molar-refractivity contribution in [2.24, 2.45) is 0 Å². The fourth-order valence-corrected chi connectivity index (χ4v) is 0.690. The Labute approximate surface area is 59.6 Å². The van der Waals surface area contributed by atoms with Gasteiger partial charge in [0.1, 0.15) is 0 Å². The standard InChI is InChI=1S/C4H5N3O2S/c5-4-6-1-3(2-7-4)10(8)9/h1-2H,(H,8,9)(H2,5,6,7)/p-1. The molecule has 0 radical (unpaired) electrons. The van der Waals surface area contributed by atoms with E-state index in [0.717, 1.165) is 12.4 Å². The molecule has 5 nitrogen and oxygen atoms in total. The van der Waals surface area contributed by atoms with Gasteiger partial charge in [-0.25, -0.2) is 9.97 Å². The van der Waals surface area contributed by atoms with E-state index in [1.54, 1.807) is 0 Å². The van der Waals surface area contributed by atoms with Crippen molar-refractivity contribution in [3.63, 3.8) is 0 Å². The van der Waals surface area contributed by atoms with Crippen LogP contribution < -0.4 is 5.73 Å². The Hall–Kier alpha value is -1.01. The van der Waals surface area contributed by atoms with Crippen molar-refractivity contribution in [1.29, 1.82) is 0 Å². The molecule has 0 aliphatic heterocycles. The third-order valence-electron chi connectivity index (χ3n) is 0.841. The molecule has 0 saturated carbocycles. The largest absolute Gasteiger partial charge is 0.768 e. The SMILES string of the molecule is Nc1ncc(S(=O)[O-])cn1.